The molecule has 10 nitrogen and oxygen atoms in total. The topological polar surface area (TPSA) is 127 Å². The van der Waals surface area contributed by atoms with Gasteiger partial charge in [-0.3, -0.25) is 14.4 Å². The molecular weight excluding hydrogens is 525 g/mol. The molecule has 0 bridgehead atoms. The third-order valence-electron chi connectivity index (χ3n) is 5.35. The average Bonchev–Trinajstić information content (AvgIpc) is 3.39. The number of halogens is 2. The molecule has 0 unspecified atom stereocenters. The van der Waals surface area contributed by atoms with Crippen LogP contribution >= 0.6 is 23.2 Å². The van der Waals surface area contributed by atoms with Crippen LogP contribution in [0.2, 0.25) is 10.0 Å². The number of hydrogen-bond donors (Lipinski definition) is 2. The summed E-state index contributed by atoms with van der Waals surface area (Å²) >= 11 is 11.8. The molecule has 37 heavy (non-hydrogen) atoms. The van der Waals surface area contributed by atoms with Crippen molar-refractivity contribution in [2.45, 2.75) is 19.9 Å². The SMILES string of the molecule is COCCCN1C(=O)/C(=C/c2ccc(CNC(=O)C(=O)Nc3cc(Cl)cc(Cl)c3)o2)C(C(=O)OC)=C1C. The lowest BCUT2D eigenvalue weighted by atomic mass is 10.1. The van der Waals surface area contributed by atoms with Gasteiger partial charge in [-0.15, -0.1) is 0 Å². The predicted molar refractivity (Wildman–Crippen MR) is 137 cm³/mol. The van der Waals surface area contributed by atoms with Crippen LogP contribution in [-0.4, -0.2) is 56.0 Å². The number of esters is 1. The number of furan rings is 1. The van der Waals surface area contributed by atoms with E-state index in [-0.39, 0.29) is 35.0 Å². The number of ether oxygens (including phenoxy) is 2. The van der Waals surface area contributed by atoms with Crippen molar-refractivity contribution < 1.29 is 33.1 Å². The van der Waals surface area contributed by atoms with Crippen LogP contribution in [-0.2, 0) is 35.2 Å². The second kappa shape index (κ2) is 12.6. The number of nitrogens with zero attached hydrogens (tertiary/aromatic N) is 1. The van der Waals surface area contributed by atoms with Gasteiger partial charge in [0.05, 0.1) is 24.8 Å². The molecule has 1 aliphatic rings. The summed E-state index contributed by atoms with van der Waals surface area (Å²) in [6.07, 6.45) is 2.03. The van der Waals surface area contributed by atoms with Crippen molar-refractivity contribution in [3.8, 4) is 0 Å². The van der Waals surface area contributed by atoms with Gasteiger partial charge in [0.25, 0.3) is 5.91 Å². The Morgan fingerprint density at radius 3 is 2.43 bits per heavy atom. The molecule has 2 heterocycles. The third kappa shape index (κ3) is 7.00. The highest BCUT2D eigenvalue weighted by molar-refractivity contribution is 6.40. The summed E-state index contributed by atoms with van der Waals surface area (Å²) in [5, 5.41) is 5.46. The Kier molecular flexibility index (Phi) is 9.51. The Morgan fingerprint density at radius 1 is 1.08 bits per heavy atom. The van der Waals surface area contributed by atoms with Crippen LogP contribution in [0.15, 0.2) is 51.6 Å². The van der Waals surface area contributed by atoms with E-state index in [4.69, 9.17) is 37.1 Å². The number of methoxy groups -OCH3 is 2. The Balaban J connectivity index is 1.68. The number of allylic oxidation sites excluding steroid dienone is 1. The van der Waals surface area contributed by atoms with Crippen molar-refractivity contribution in [3.05, 3.63) is 68.7 Å². The van der Waals surface area contributed by atoms with E-state index in [1.807, 2.05) is 0 Å². The highest BCUT2D eigenvalue weighted by Crippen LogP contribution is 2.32. The molecule has 0 fully saturated rings. The Bertz CT molecular complexity index is 1260. The number of nitrogens with one attached hydrogen (secondary N) is 2. The summed E-state index contributed by atoms with van der Waals surface area (Å²) in [5.41, 5.74) is 1.03. The standard InChI is InChI=1S/C25H25Cl2N3O7/c1-14-21(25(34)36-3)20(24(33)30(14)7-4-8-35-2)12-18-5-6-19(37-18)13-28-22(31)23(32)29-17-10-15(26)9-16(27)11-17/h5-6,9-12H,4,7-8,13H2,1-3H3,(H,28,31)(H,29,32)/b20-12+. The van der Waals surface area contributed by atoms with Crippen LogP contribution in [0.3, 0.4) is 0 Å². The van der Waals surface area contributed by atoms with Gasteiger partial charge in [-0.05, 0) is 49.8 Å². The Hall–Kier alpha value is -3.60. The predicted octanol–water partition coefficient (Wildman–Crippen LogP) is 3.55. The molecule has 0 radical (unpaired) electrons. The molecule has 2 aromatic rings. The fourth-order valence-corrected chi connectivity index (χ4v) is 4.16. The van der Waals surface area contributed by atoms with Crippen molar-refractivity contribution in [1.29, 1.82) is 0 Å². The molecule has 0 aliphatic carbocycles. The zero-order chi connectivity index (χ0) is 27.1. The zero-order valence-electron chi connectivity index (χ0n) is 20.4. The molecule has 196 valence electrons. The smallest absolute Gasteiger partial charge is 0.340 e. The molecule has 12 heteroatoms. The molecule has 3 amide bonds. The highest BCUT2D eigenvalue weighted by atomic mass is 35.5. The summed E-state index contributed by atoms with van der Waals surface area (Å²) < 4.78 is 15.6. The molecule has 1 aromatic carbocycles. The van der Waals surface area contributed by atoms with E-state index in [0.717, 1.165) is 0 Å². The van der Waals surface area contributed by atoms with E-state index in [1.165, 1.54) is 36.3 Å². The van der Waals surface area contributed by atoms with Crippen LogP contribution in [0.1, 0.15) is 24.9 Å². The molecule has 3 rings (SSSR count). The lowest BCUT2D eigenvalue weighted by molar-refractivity contribution is -0.136. The van der Waals surface area contributed by atoms with Gasteiger partial charge in [0.2, 0.25) is 0 Å². The fourth-order valence-electron chi connectivity index (χ4n) is 3.64. The van der Waals surface area contributed by atoms with E-state index in [1.54, 1.807) is 26.2 Å². The molecular formula is C25H25Cl2N3O7. The first-order valence-corrected chi connectivity index (χ1v) is 11.9. The fraction of sp³-hybridized carbons (Fsp3) is 0.280. The van der Waals surface area contributed by atoms with E-state index >= 15 is 0 Å². The Labute approximate surface area is 223 Å². The van der Waals surface area contributed by atoms with Gasteiger partial charge in [-0.1, -0.05) is 23.2 Å². The third-order valence-corrected chi connectivity index (χ3v) is 5.79. The Morgan fingerprint density at radius 2 is 1.78 bits per heavy atom. The van der Waals surface area contributed by atoms with Crippen LogP contribution < -0.4 is 10.6 Å². The van der Waals surface area contributed by atoms with Crippen LogP contribution in [0, 0.1) is 0 Å². The van der Waals surface area contributed by atoms with Gasteiger partial charge < -0.3 is 29.4 Å². The summed E-state index contributed by atoms with van der Waals surface area (Å²) in [4.78, 5) is 51.3. The van der Waals surface area contributed by atoms with Crippen LogP contribution in [0.25, 0.3) is 6.08 Å². The first kappa shape index (κ1) is 28.0. The lowest BCUT2D eigenvalue weighted by Gasteiger charge is -2.17. The van der Waals surface area contributed by atoms with Crippen molar-refractivity contribution in [2.24, 2.45) is 0 Å². The maximum atomic E-state index is 13.0. The maximum absolute atomic E-state index is 13.0. The van der Waals surface area contributed by atoms with Gasteiger partial charge in [-0.25, -0.2) is 4.79 Å². The summed E-state index contributed by atoms with van der Waals surface area (Å²) in [7, 11) is 2.81. The van der Waals surface area contributed by atoms with E-state index in [0.29, 0.717) is 41.1 Å². The van der Waals surface area contributed by atoms with Gasteiger partial charge in [0.1, 0.15) is 11.5 Å². The number of carbonyl (C=O) groups excluding carboxylic acids is 4. The molecule has 1 aromatic heterocycles. The largest absolute Gasteiger partial charge is 0.465 e. The van der Waals surface area contributed by atoms with Crippen molar-refractivity contribution in [3.63, 3.8) is 0 Å². The average molecular weight is 550 g/mol. The molecule has 0 spiro atoms. The van der Waals surface area contributed by atoms with Crippen molar-refractivity contribution in [2.75, 3.05) is 32.7 Å². The molecule has 0 saturated carbocycles. The van der Waals surface area contributed by atoms with Crippen molar-refractivity contribution in [1.82, 2.24) is 10.2 Å². The number of anilines is 1. The molecule has 0 saturated heterocycles. The van der Waals surface area contributed by atoms with Gasteiger partial charge in [-0.2, -0.15) is 0 Å². The number of hydrogen-bond acceptors (Lipinski definition) is 7. The van der Waals surface area contributed by atoms with E-state index < -0.39 is 17.8 Å². The summed E-state index contributed by atoms with van der Waals surface area (Å²) in [5.74, 6) is -2.23. The molecule has 2 N–H and O–H groups in total. The minimum Gasteiger partial charge on any atom is -0.465 e. The monoisotopic (exact) mass is 549 g/mol. The number of amides is 3. The van der Waals surface area contributed by atoms with Gasteiger partial charge >= 0.3 is 17.8 Å². The van der Waals surface area contributed by atoms with Gasteiger partial charge in [0.15, 0.2) is 0 Å². The van der Waals surface area contributed by atoms with Crippen molar-refractivity contribution >= 4 is 58.7 Å². The van der Waals surface area contributed by atoms with E-state index in [2.05, 4.69) is 10.6 Å². The number of benzene rings is 1. The minimum absolute atomic E-state index is 0.0957. The highest BCUT2D eigenvalue weighted by Gasteiger charge is 2.36. The first-order valence-electron chi connectivity index (χ1n) is 11.1. The van der Waals surface area contributed by atoms with Gasteiger partial charge in [0, 0.05) is 41.7 Å². The van der Waals surface area contributed by atoms with E-state index in [9.17, 15) is 19.2 Å². The lowest BCUT2D eigenvalue weighted by Crippen LogP contribution is -2.34. The molecule has 1 aliphatic heterocycles. The second-order valence-electron chi connectivity index (χ2n) is 7.91. The summed E-state index contributed by atoms with van der Waals surface area (Å²) in [6, 6.07) is 7.55. The quantitative estimate of drug-likeness (QED) is 0.212. The minimum atomic E-state index is -0.916. The number of rotatable bonds is 9. The van der Waals surface area contributed by atoms with Crippen LogP contribution in [0.4, 0.5) is 5.69 Å². The summed E-state index contributed by atoms with van der Waals surface area (Å²) in [6.45, 7) is 2.40. The second-order valence-corrected chi connectivity index (χ2v) is 8.79. The zero-order valence-corrected chi connectivity index (χ0v) is 21.9. The molecule has 0 atom stereocenters. The first-order chi connectivity index (χ1) is 17.6. The van der Waals surface area contributed by atoms with Crippen LogP contribution in [0.5, 0.6) is 0 Å². The maximum Gasteiger partial charge on any atom is 0.340 e. The number of carbonyl (C=O) groups is 4. The normalized spacial score (nSPS) is 14.4.